The zero-order valence-electron chi connectivity index (χ0n) is 17.4. The molecule has 6 nitrogen and oxygen atoms in total. The lowest BCUT2D eigenvalue weighted by atomic mass is 10.1. The summed E-state index contributed by atoms with van der Waals surface area (Å²) in [6.07, 6.45) is 7.83. The van der Waals surface area contributed by atoms with Crippen molar-refractivity contribution in [2.45, 2.75) is 26.8 Å². The summed E-state index contributed by atoms with van der Waals surface area (Å²) in [5, 5.41) is 7.17. The van der Waals surface area contributed by atoms with Crippen molar-refractivity contribution in [2.75, 3.05) is 18.5 Å². The van der Waals surface area contributed by atoms with Crippen molar-refractivity contribution in [3.8, 4) is 11.5 Å². The molecule has 0 radical (unpaired) electrons. The minimum absolute atomic E-state index is 0.202. The van der Waals surface area contributed by atoms with Crippen LogP contribution in [-0.4, -0.2) is 28.9 Å². The van der Waals surface area contributed by atoms with Crippen molar-refractivity contribution in [3.63, 3.8) is 0 Å². The van der Waals surface area contributed by atoms with Crippen molar-refractivity contribution >= 4 is 17.7 Å². The van der Waals surface area contributed by atoms with Gasteiger partial charge in [0.25, 0.3) is 0 Å². The standard InChI is InChI=1S/C24H27N3O3/c1-3-16-30-22-12-10-19(17-23(22)29-4-2)11-13-24(28)26-21-9-6-5-8-20(21)18-27-15-7-14-25-27/h5-15,17H,3-4,16,18H2,1-2H3,(H,26,28). The maximum absolute atomic E-state index is 12.5. The Morgan fingerprint density at radius 1 is 1.10 bits per heavy atom. The summed E-state index contributed by atoms with van der Waals surface area (Å²) in [4.78, 5) is 12.5. The van der Waals surface area contributed by atoms with Crippen LogP contribution in [0.1, 0.15) is 31.4 Å². The molecule has 0 saturated heterocycles. The maximum Gasteiger partial charge on any atom is 0.248 e. The average molecular weight is 405 g/mol. The van der Waals surface area contributed by atoms with Gasteiger partial charge in [-0.25, -0.2) is 0 Å². The Hall–Kier alpha value is -3.54. The first-order valence-corrected chi connectivity index (χ1v) is 10.1. The fourth-order valence-electron chi connectivity index (χ4n) is 2.92. The first-order valence-electron chi connectivity index (χ1n) is 10.1. The summed E-state index contributed by atoms with van der Waals surface area (Å²) >= 11 is 0. The molecule has 0 bridgehead atoms. The molecular weight excluding hydrogens is 378 g/mol. The van der Waals surface area contributed by atoms with Crippen molar-refractivity contribution < 1.29 is 14.3 Å². The number of nitrogens with zero attached hydrogens (tertiary/aromatic N) is 2. The molecule has 156 valence electrons. The molecule has 0 aliphatic heterocycles. The van der Waals surface area contributed by atoms with Gasteiger partial charge < -0.3 is 14.8 Å². The fraction of sp³-hybridized carbons (Fsp3) is 0.250. The zero-order chi connectivity index (χ0) is 21.2. The van der Waals surface area contributed by atoms with Gasteiger partial charge in [-0.2, -0.15) is 5.10 Å². The second-order valence-corrected chi connectivity index (χ2v) is 6.67. The molecule has 0 saturated carbocycles. The van der Waals surface area contributed by atoms with Crippen LogP contribution in [-0.2, 0) is 11.3 Å². The van der Waals surface area contributed by atoms with E-state index in [1.807, 2.05) is 66.3 Å². The lowest BCUT2D eigenvalue weighted by Crippen LogP contribution is -2.11. The van der Waals surface area contributed by atoms with Crippen molar-refractivity contribution in [1.82, 2.24) is 9.78 Å². The number of carbonyl (C=O) groups is 1. The molecule has 0 aliphatic rings. The van der Waals surface area contributed by atoms with E-state index in [-0.39, 0.29) is 5.91 Å². The molecule has 30 heavy (non-hydrogen) atoms. The largest absolute Gasteiger partial charge is 0.490 e. The van der Waals surface area contributed by atoms with Crippen LogP contribution in [0.25, 0.3) is 6.08 Å². The molecule has 3 rings (SSSR count). The number of anilines is 1. The van der Waals surface area contributed by atoms with Gasteiger partial charge in [0.2, 0.25) is 5.91 Å². The van der Waals surface area contributed by atoms with E-state index in [2.05, 4.69) is 17.3 Å². The summed E-state index contributed by atoms with van der Waals surface area (Å²) in [5.74, 6) is 1.19. The highest BCUT2D eigenvalue weighted by atomic mass is 16.5. The summed E-state index contributed by atoms with van der Waals surface area (Å²) in [6.45, 7) is 5.76. The summed E-state index contributed by atoms with van der Waals surface area (Å²) < 4.78 is 13.2. The smallest absolute Gasteiger partial charge is 0.248 e. The van der Waals surface area contributed by atoms with E-state index in [4.69, 9.17) is 9.47 Å². The Morgan fingerprint density at radius 3 is 2.73 bits per heavy atom. The molecule has 0 atom stereocenters. The number of ether oxygens (including phenoxy) is 2. The first-order chi connectivity index (χ1) is 14.7. The van der Waals surface area contributed by atoms with Gasteiger partial charge >= 0.3 is 0 Å². The summed E-state index contributed by atoms with van der Waals surface area (Å²) in [7, 11) is 0. The normalized spacial score (nSPS) is 10.9. The number of hydrogen-bond donors (Lipinski definition) is 1. The average Bonchev–Trinajstić information content (AvgIpc) is 3.26. The van der Waals surface area contributed by atoms with Gasteiger partial charge in [-0.15, -0.1) is 0 Å². The Balaban J connectivity index is 1.68. The van der Waals surface area contributed by atoms with Crippen LogP contribution in [0, 0.1) is 0 Å². The van der Waals surface area contributed by atoms with E-state index in [1.165, 1.54) is 6.08 Å². The lowest BCUT2D eigenvalue weighted by Gasteiger charge is -2.12. The fourth-order valence-corrected chi connectivity index (χ4v) is 2.92. The van der Waals surface area contributed by atoms with Crippen LogP contribution in [0.2, 0.25) is 0 Å². The predicted molar refractivity (Wildman–Crippen MR) is 119 cm³/mol. The molecule has 2 aromatic carbocycles. The highest BCUT2D eigenvalue weighted by Crippen LogP contribution is 2.29. The Labute approximate surface area is 177 Å². The van der Waals surface area contributed by atoms with Gasteiger partial charge in [-0.3, -0.25) is 9.48 Å². The number of para-hydroxylation sites is 1. The number of rotatable bonds is 10. The molecule has 1 N–H and O–H groups in total. The van der Waals surface area contributed by atoms with Gasteiger partial charge in [-0.05, 0) is 54.8 Å². The van der Waals surface area contributed by atoms with Gasteiger partial charge in [0.15, 0.2) is 11.5 Å². The minimum atomic E-state index is -0.202. The van der Waals surface area contributed by atoms with E-state index in [0.717, 1.165) is 23.2 Å². The summed E-state index contributed by atoms with van der Waals surface area (Å²) in [6, 6.07) is 15.2. The van der Waals surface area contributed by atoms with Crippen LogP contribution in [0.15, 0.2) is 67.0 Å². The quantitative estimate of drug-likeness (QED) is 0.494. The molecule has 0 fully saturated rings. The van der Waals surface area contributed by atoms with Crippen LogP contribution in [0.5, 0.6) is 11.5 Å². The number of benzene rings is 2. The summed E-state index contributed by atoms with van der Waals surface area (Å²) in [5.41, 5.74) is 2.61. The van der Waals surface area contributed by atoms with Gasteiger partial charge in [0, 0.05) is 24.2 Å². The SMILES string of the molecule is CCCOc1ccc(C=CC(=O)Nc2ccccc2Cn2cccn2)cc1OCC. The maximum atomic E-state index is 12.5. The second-order valence-electron chi connectivity index (χ2n) is 6.67. The third-order valence-corrected chi connectivity index (χ3v) is 4.32. The van der Waals surface area contributed by atoms with E-state index in [9.17, 15) is 4.79 Å². The van der Waals surface area contributed by atoms with Crippen LogP contribution >= 0.6 is 0 Å². The molecule has 3 aromatic rings. The number of carbonyl (C=O) groups excluding carboxylic acids is 1. The number of amides is 1. The van der Waals surface area contributed by atoms with Crippen molar-refractivity contribution in [3.05, 3.63) is 78.1 Å². The third kappa shape index (κ3) is 5.98. The topological polar surface area (TPSA) is 65.4 Å². The van der Waals surface area contributed by atoms with E-state index in [1.54, 1.807) is 12.3 Å². The van der Waals surface area contributed by atoms with Gasteiger partial charge in [-0.1, -0.05) is 31.2 Å². The molecule has 0 unspecified atom stereocenters. The van der Waals surface area contributed by atoms with Crippen LogP contribution < -0.4 is 14.8 Å². The monoisotopic (exact) mass is 405 g/mol. The van der Waals surface area contributed by atoms with Crippen LogP contribution in [0.3, 0.4) is 0 Å². The molecule has 6 heteroatoms. The third-order valence-electron chi connectivity index (χ3n) is 4.32. The zero-order valence-corrected chi connectivity index (χ0v) is 17.4. The molecular formula is C24H27N3O3. The second kappa shape index (κ2) is 10.9. The Morgan fingerprint density at radius 2 is 1.97 bits per heavy atom. The van der Waals surface area contributed by atoms with E-state index >= 15 is 0 Å². The molecule has 0 spiro atoms. The highest BCUT2D eigenvalue weighted by Gasteiger charge is 2.07. The highest BCUT2D eigenvalue weighted by molar-refractivity contribution is 6.02. The molecule has 0 aliphatic carbocycles. The van der Waals surface area contributed by atoms with E-state index in [0.29, 0.717) is 31.3 Å². The van der Waals surface area contributed by atoms with Gasteiger partial charge in [0.1, 0.15) is 0 Å². The van der Waals surface area contributed by atoms with Gasteiger partial charge in [0.05, 0.1) is 19.8 Å². The molecule has 1 amide bonds. The Bertz CT molecular complexity index is 981. The molecule has 1 aromatic heterocycles. The Kier molecular flexibility index (Phi) is 7.66. The number of aromatic nitrogens is 2. The lowest BCUT2D eigenvalue weighted by molar-refractivity contribution is -0.111. The number of hydrogen-bond acceptors (Lipinski definition) is 4. The number of nitrogens with one attached hydrogen (secondary N) is 1. The van der Waals surface area contributed by atoms with E-state index < -0.39 is 0 Å². The molecule has 1 heterocycles. The first kappa shape index (κ1) is 21.2. The van der Waals surface area contributed by atoms with Crippen molar-refractivity contribution in [1.29, 1.82) is 0 Å². The van der Waals surface area contributed by atoms with Crippen molar-refractivity contribution in [2.24, 2.45) is 0 Å². The van der Waals surface area contributed by atoms with Crippen LogP contribution in [0.4, 0.5) is 5.69 Å². The minimum Gasteiger partial charge on any atom is -0.490 e. The predicted octanol–water partition coefficient (Wildman–Crippen LogP) is 4.77.